The highest BCUT2D eigenvalue weighted by Gasteiger charge is 2.47. The Hall–Kier alpha value is -2.24. The van der Waals surface area contributed by atoms with Gasteiger partial charge >= 0.3 is 5.97 Å². The maximum absolute atomic E-state index is 14.2. The number of likely N-dealkylation sites (tertiary alicyclic amines) is 1. The zero-order valence-corrected chi connectivity index (χ0v) is 20.7. The Morgan fingerprint density at radius 3 is 2.40 bits per heavy atom. The highest BCUT2D eigenvalue weighted by molar-refractivity contribution is 5.76. The van der Waals surface area contributed by atoms with Crippen LogP contribution in [-0.4, -0.2) is 48.2 Å². The van der Waals surface area contributed by atoms with E-state index in [4.69, 9.17) is 0 Å². The molecule has 0 radical (unpaired) electrons. The van der Waals surface area contributed by atoms with Gasteiger partial charge in [-0.05, 0) is 87.1 Å². The molecule has 2 aromatic carbocycles. The second-order valence-electron chi connectivity index (χ2n) is 11.4. The first kappa shape index (κ1) is 24.5. The van der Waals surface area contributed by atoms with Crippen molar-refractivity contribution in [1.82, 2.24) is 10.2 Å². The number of nitrogens with one attached hydrogen (secondary N) is 1. The molecule has 3 fully saturated rings. The van der Waals surface area contributed by atoms with Gasteiger partial charge in [-0.2, -0.15) is 0 Å². The van der Waals surface area contributed by atoms with E-state index < -0.39 is 11.4 Å². The molecule has 0 bridgehead atoms. The van der Waals surface area contributed by atoms with E-state index in [2.05, 4.69) is 40.5 Å². The van der Waals surface area contributed by atoms with Gasteiger partial charge in [-0.15, -0.1) is 0 Å². The van der Waals surface area contributed by atoms with Crippen LogP contribution in [0.1, 0.15) is 68.4 Å². The van der Waals surface area contributed by atoms with Crippen molar-refractivity contribution in [3.63, 3.8) is 0 Å². The summed E-state index contributed by atoms with van der Waals surface area (Å²) in [4.78, 5) is 14.3. The minimum atomic E-state index is -0.618. The Kier molecular flexibility index (Phi) is 7.26. The topological polar surface area (TPSA) is 52.6 Å². The molecule has 0 aromatic heterocycles. The van der Waals surface area contributed by atoms with Gasteiger partial charge in [0.15, 0.2) is 0 Å². The molecule has 1 heterocycles. The summed E-state index contributed by atoms with van der Waals surface area (Å²) in [7, 11) is 0. The van der Waals surface area contributed by atoms with Gasteiger partial charge in [0.2, 0.25) is 0 Å². The lowest BCUT2D eigenvalue weighted by molar-refractivity contribution is -0.156. The fourth-order valence-electron chi connectivity index (χ4n) is 6.36. The minimum absolute atomic E-state index is 0.0994. The highest BCUT2D eigenvalue weighted by atomic mass is 19.1. The van der Waals surface area contributed by atoms with Crippen molar-refractivity contribution >= 4 is 5.97 Å². The molecule has 1 unspecified atom stereocenters. The highest BCUT2D eigenvalue weighted by Crippen LogP contribution is 2.45. The summed E-state index contributed by atoms with van der Waals surface area (Å²) in [6.45, 7) is 3.61. The number of piperidine rings is 1. The normalized spacial score (nSPS) is 25.1. The quantitative estimate of drug-likeness (QED) is 0.439. The molecule has 2 atom stereocenters. The first-order valence-corrected chi connectivity index (χ1v) is 13.5. The summed E-state index contributed by atoms with van der Waals surface area (Å²) < 4.78 is 14.2. The summed E-state index contributed by atoms with van der Waals surface area (Å²) in [5.74, 6) is -0.105. The zero-order valence-electron chi connectivity index (χ0n) is 20.7. The number of hydrogen-bond acceptors (Lipinski definition) is 3. The lowest BCUT2D eigenvalue weighted by Crippen LogP contribution is -2.52. The molecule has 3 aliphatic rings. The van der Waals surface area contributed by atoms with E-state index in [-0.39, 0.29) is 11.2 Å². The fourth-order valence-corrected chi connectivity index (χ4v) is 6.36. The molecule has 2 N–H and O–H groups in total. The van der Waals surface area contributed by atoms with Gasteiger partial charge in [0.25, 0.3) is 0 Å². The standard InChI is InChI=1S/C30H39FN2O2/c31-26-12-5-4-10-24(26)11-6-13-29(21-32-27-20-25(27)23-8-2-1-3-9-23)16-18-33(19-17-29)22-30(28(34)35)14-7-15-30/h1-5,8-10,12,25,27,32H,6-7,11,13-22H2,(H,34,35)/t25?,27-/m1/s1. The van der Waals surface area contributed by atoms with Crippen LogP contribution in [0.5, 0.6) is 0 Å². The van der Waals surface area contributed by atoms with Crippen LogP contribution in [0.3, 0.4) is 0 Å². The van der Waals surface area contributed by atoms with Crippen LogP contribution in [-0.2, 0) is 11.2 Å². The molecule has 0 spiro atoms. The molecule has 2 aromatic rings. The molecule has 0 amide bonds. The van der Waals surface area contributed by atoms with Gasteiger partial charge in [0.05, 0.1) is 5.41 Å². The molecular formula is C30H39FN2O2. The lowest BCUT2D eigenvalue weighted by atomic mass is 9.67. The summed E-state index contributed by atoms with van der Waals surface area (Å²) in [6.07, 6.45) is 8.86. The van der Waals surface area contributed by atoms with E-state index in [0.29, 0.717) is 18.5 Å². The number of nitrogens with zero attached hydrogens (tertiary/aromatic N) is 1. The maximum atomic E-state index is 14.2. The summed E-state index contributed by atoms with van der Waals surface area (Å²) in [5, 5.41) is 13.7. The van der Waals surface area contributed by atoms with Gasteiger partial charge < -0.3 is 15.3 Å². The number of carboxylic acids is 1. The fraction of sp³-hybridized carbons (Fsp3) is 0.567. The van der Waals surface area contributed by atoms with Gasteiger partial charge in [0, 0.05) is 25.0 Å². The van der Waals surface area contributed by atoms with E-state index in [1.165, 1.54) is 12.0 Å². The van der Waals surface area contributed by atoms with E-state index in [0.717, 1.165) is 76.6 Å². The number of halogens is 1. The monoisotopic (exact) mass is 478 g/mol. The average Bonchev–Trinajstić information content (AvgIpc) is 3.63. The van der Waals surface area contributed by atoms with Crippen LogP contribution in [0.2, 0.25) is 0 Å². The Balaban J connectivity index is 1.19. The average molecular weight is 479 g/mol. The molecule has 4 nitrogen and oxygen atoms in total. The van der Waals surface area contributed by atoms with Crippen molar-refractivity contribution in [3.8, 4) is 0 Å². The Morgan fingerprint density at radius 1 is 1.03 bits per heavy atom. The maximum Gasteiger partial charge on any atom is 0.310 e. The zero-order chi connectivity index (χ0) is 24.3. The third-order valence-corrected chi connectivity index (χ3v) is 9.08. The predicted octanol–water partition coefficient (Wildman–Crippen LogP) is 5.63. The summed E-state index contributed by atoms with van der Waals surface area (Å²) in [5.41, 5.74) is 1.92. The van der Waals surface area contributed by atoms with Crippen molar-refractivity contribution in [2.75, 3.05) is 26.2 Å². The molecule has 35 heavy (non-hydrogen) atoms. The van der Waals surface area contributed by atoms with Gasteiger partial charge in [-0.1, -0.05) is 55.0 Å². The third kappa shape index (κ3) is 5.62. The molecule has 188 valence electrons. The lowest BCUT2D eigenvalue weighted by Gasteiger charge is -2.47. The second-order valence-corrected chi connectivity index (χ2v) is 11.4. The number of benzene rings is 2. The molecule has 2 aliphatic carbocycles. The number of aliphatic carboxylic acids is 1. The smallest absolute Gasteiger partial charge is 0.310 e. The number of rotatable bonds is 11. The van der Waals surface area contributed by atoms with Crippen LogP contribution >= 0.6 is 0 Å². The molecule has 5 heteroatoms. The molecular weight excluding hydrogens is 439 g/mol. The van der Waals surface area contributed by atoms with E-state index in [1.807, 2.05) is 12.1 Å². The molecule has 1 aliphatic heterocycles. The largest absolute Gasteiger partial charge is 0.481 e. The number of carbonyl (C=O) groups is 1. The van der Waals surface area contributed by atoms with Gasteiger partial charge in [0.1, 0.15) is 5.82 Å². The van der Waals surface area contributed by atoms with Crippen molar-refractivity contribution in [3.05, 3.63) is 71.5 Å². The van der Waals surface area contributed by atoms with Gasteiger partial charge in [-0.25, -0.2) is 4.39 Å². The van der Waals surface area contributed by atoms with Crippen LogP contribution in [0, 0.1) is 16.6 Å². The molecule has 1 saturated heterocycles. The van der Waals surface area contributed by atoms with Crippen LogP contribution in [0.15, 0.2) is 54.6 Å². The Morgan fingerprint density at radius 2 is 1.74 bits per heavy atom. The van der Waals surface area contributed by atoms with Crippen molar-refractivity contribution in [2.45, 2.75) is 69.7 Å². The first-order chi connectivity index (χ1) is 17.0. The third-order valence-electron chi connectivity index (χ3n) is 9.08. The number of aryl methyl sites for hydroxylation is 1. The second kappa shape index (κ2) is 10.4. The summed E-state index contributed by atoms with van der Waals surface area (Å²) >= 11 is 0. The number of carboxylic acid groups (broad SMARTS) is 1. The van der Waals surface area contributed by atoms with E-state index >= 15 is 0 Å². The van der Waals surface area contributed by atoms with Crippen LogP contribution in [0.4, 0.5) is 4.39 Å². The SMILES string of the molecule is O=C(O)C1(CN2CCC(CCCc3ccccc3F)(CN[C@@H]3CC3c3ccccc3)CC2)CCC1. The van der Waals surface area contributed by atoms with Crippen molar-refractivity contribution < 1.29 is 14.3 Å². The molecule has 5 rings (SSSR count). The van der Waals surface area contributed by atoms with Gasteiger partial charge in [-0.3, -0.25) is 4.79 Å². The van der Waals surface area contributed by atoms with Crippen molar-refractivity contribution in [2.24, 2.45) is 10.8 Å². The molecule has 2 saturated carbocycles. The van der Waals surface area contributed by atoms with Crippen LogP contribution < -0.4 is 5.32 Å². The van der Waals surface area contributed by atoms with Crippen LogP contribution in [0.25, 0.3) is 0 Å². The Bertz CT molecular complexity index is 998. The van der Waals surface area contributed by atoms with Crippen molar-refractivity contribution in [1.29, 1.82) is 0 Å². The number of hydrogen-bond donors (Lipinski definition) is 2. The summed E-state index contributed by atoms with van der Waals surface area (Å²) in [6, 6.07) is 18.5. The van der Waals surface area contributed by atoms with E-state index in [9.17, 15) is 14.3 Å². The Labute approximate surface area is 208 Å². The minimum Gasteiger partial charge on any atom is -0.481 e. The predicted molar refractivity (Wildman–Crippen MR) is 137 cm³/mol. The van der Waals surface area contributed by atoms with E-state index in [1.54, 1.807) is 12.1 Å². The first-order valence-electron chi connectivity index (χ1n) is 13.5.